The molecular formula is C22H25N3O2S2. The van der Waals surface area contributed by atoms with Gasteiger partial charge in [-0.05, 0) is 56.7 Å². The van der Waals surface area contributed by atoms with E-state index in [9.17, 15) is 9.59 Å². The molecule has 1 aliphatic carbocycles. The first-order chi connectivity index (χ1) is 14.0. The average Bonchev–Trinajstić information content (AvgIpc) is 3.00. The highest BCUT2D eigenvalue weighted by atomic mass is 32.2. The highest BCUT2D eigenvalue weighted by Crippen LogP contribution is 2.30. The van der Waals surface area contributed by atoms with Gasteiger partial charge in [-0.3, -0.25) is 14.2 Å². The van der Waals surface area contributed by atoms with Crippen LogP contribution in [0.1, 0.15) is 47.4 Å². The van der Waals surface area contributed by atoms with Crippen LogP contribution in [-0.2, 0) is 17.8 Å². The number of carbonyl (C=O) groups excluding carboxylic acids is 1. The minimum atomic E-state index is -0.0211. The maximum atomic E-state index is 12.9. The van der Waals surface area contributed by atoms with Crippen LogP contribution in [0.15, 0.2) is 34.2 Å². The first-order valence-corrected chi connectivity index (χ1v) is 11.8. The lowest BCUT2D eigenvalue weighted by Gasteiger charge is -2.26. The zero-order chi connectivity index (χ0) is 20.5. The molecule has 0 fully saturated rings. The second-order valence-corrected chi connectivity index (χ2v) is 9.55. The zero-order valence-corrected chi connectivity index (χ0v) is 18.6. The van der Waals surface area contributed by atoms with E-state index < -0.39 is 0 Å². The third kappa shape index (κ3) is 3.85. The fraction of sp³-hybridized carbons (Fsp3) is 0.409. The standard InChI is InChI=1S/C22H25N3O2S2/c1-4-25-21(27)19-13(2)14(3)29-20(19)24-22(25)28-12-18(26)23-17-11-7-9-15-8-5-6-10-16(15)17/h5-6,8,10,17H,4,7,9,11-12H2,1-3H3,(H,23,26)/t17-/m0/s1. The second-order valence-electron chi connectivity index (χ2n) is 7.41. The van der Waals surface area contributed by atoms with Crippen molar-refractivity contribution in [3.63, 3.8) is 0 Å². The van der Waals surface area contributed by atoms with Crippen LogP contribution in [0.2, 0.25) is 0 Å². The van der Waals surface area contributed by atoms with Crippen molar-refractivity contribution in [1.29, 1.82) is 0 Å². The first-order valence-electron chi connectivity index (χ1n) is 10.00. The molecule has 1 atom stereocenters. The van der Waals surface area contributed by atoms with Gasteiger partial charge in [-0.25, -0.2) is 4.98 Å². The highest BCUT2D eigenvalue weighted by Gasteiger charge is 2.22. The molecule has 3 aromatic rings. The van der Waals surface area contributed by atoms with Crippen molar-refractivity contribution in [3.8, 4) is 0 Å². The van der Waals surface area contributed by atoms with Crippen LogP contribution in [0.25, 0.3) is 10.2 Å². The van der Waals surface area contributed by atoms with Gasteiger partial charge in [0.05, 0.1) is 17.2 Å². The number of nitrogens with one attached hydrogen (secondary N) is 1. The van der Waals surface area contributed by atoms with Crippen molar-refractivity contribution < 1.29 is 4.79 Å². The quantitative estimate of drug-likeness (QED) is 0.485. The van der Waals surface area contributed by atoms with Crippen LogP contribution in [0.5, 0.6) is 0 Å². The Bertz CT molecular complexity index is 1130. The molecule has 0 aliphatic heterocycles. The molecule has 0 spiro atoms. The van der Waals surface area contributed by atoms with Gasteiger partial charge in [0.25, 0.3) is 5.56 Å². The third-order valence-electron chi connectivity index (χ3n) is 5.61. The Labute approximate surface area is 178 Å². The molecule has 4 rings (SSSR count). The predicted molar refractivity (Wildman–Crippen MR) is 120 cm³/mol. The smallest absolute Gasteiger partial charge is 0.263 e. The van der Waals surface area contributed by atoms with Crippen molar-refractivity contribution in [1.82, 2.24) is 14.9 Å². The van der Waals surface area contributed by atoms with E-state index in [4.69, 9.17) is 4.98 Å². The summed E-state index contributed by atoms with van der Waals surface area (Å²) < 4.78 is 1.68. The number of aryl methyl sites for hydroxylation is 3. The number of carbonyl (C=O) groups is 1. The van der Waals surface area contributed by atoms with Crippen LogP contribution >= 0.6 is 23.1 Å². The number of hydrogen-bond acceptors (Lipinski definition) is 5. The molecule has 2 heterocycles. The van der Waals surface area contributed by atoms with Gasteiger partial charge in [-0.2, -0.15) is 0 Å². The molecule has 2 aromatic heterocycles. The Morgan fingerprint density at radius 2 is 2.14 bits per heavy atom. The Hall–Kier alpha value is -2.12. The van der Waals surface area contributed by atoms with E-state index in [1.807, 2.05) is 26.8 Å². The lowest BCUT2D eigenvalue weighted by Crippen LogP contribution is -2.32. The normalized spacial score (nSPS) is 16.0. The molecular weight excluding hydrogens is 402 g/mol. The number of thioether (sulfide) groups is 1. The molecule has 152 valence electrons. The molecule has 5 nitrogen and oxygen atoms in total. The van der Waals surface area contributed by atoms with E-state index in [0.717, 1.165) is 34.5 Å². The summed E-state index contributed by atoms with van der Waals surface area (Å²) in [6, 6.07) is 8.41. The molecule has 0 saturated heterocycles. The molecule has 0 bridgehead atoms. The van der Waals surface area contributed by atoms with Crippen LogP contribution in [0.4, 0.5) is 0 Å². The Kier molecular flexibility index (Phi) is 5.79. The van der Waals surface area contributed by atoms with Crippen LogP contribution in [0, 0.1) is 13.8 Å². The molecule has 7 heteroatoms. The van der Waals surface area contributed by atoms with Crippen LogP contribution in [0.3, 0.4) is 0 Å². The summed E-state index contributed by atoms with van der Waals surface area (Å²) in [5.41, 5.74) is 3.55. The summed E-state index contributed by atoms with van der Waals surface area (Å²) in [6.07, 6.45) is 3.12. The highest BCUT2D eigenvalue weighted by molar-refractivity contribution is 7.99. The predicted octanol–water partition coefficient (Wildman–Crippen LogP) is 4.38. The fourth-order valence-electron chi connectivity index (χ4n) is 3.97. The van der Waals surface area contributed by atoms with Gasteiger partial charge in [0, 0.05) is 11.4 Å². The van der Waals surface area contributed by atoms with Gasteiger partial charge in [0.1, 0.15) is 4.83 Å². The fourth-order valence-corrected chi connectivity index (χ4v) is 5.91. The lowest BCUT2D eigenvalue weighted by atomic mass is 9.88. The third-order valence-corrected chi connectivity index (χ3v) is 7.68. The number of amides is 1. The van der Waals surface area contributed by atoms with Crippen molar-refractivity contribution in [2.45, 2.75) is 57.8 Å². The summed E-state index contributed by atoms with van der Waals surface area (Å²) in [6.45, 7) is 6.46. The molecule has 0 radical (unpaired) electrons. The summed E-state index contributed by atoms with van der Waals surface area (Å²) in [7, 11) is 0. The SMILES string of the molecule is CCn1c(SCC(=O)N[C@H]2CCCc3ccccc32)nc2sc(C)c(C)c2c1=O. The monoisotopic (exact) mass is 427 g/mol. The Morgan fingerprint density at radius 3 is 2.93 bits per heavy atom. The van der Waals surface area contributed by atoms with Gasteiger partial charge in [0.15, 0.2) is 5.16 Å². The zero-order valence-electron chi connectivity index (χ0n) is 16.9. The molecule has 1 aromatic carbocycles. The Morgan fingerprint density at radius 1 is 1.34 bits per heavy atom. The maximum Gasteiger partial charge on any atom is 0.263 e. The molecule has 1 aliphatic rings. The van der Waals surface area contributed by atoms with Crippen molar-refractivity contribution in [2.24, 2.45) is 0 Å². The number of thiophene rings is 1. The number of nitrogens with zero attached hydrogens (tertiary/aromatic N) is 2. The summed E-state index contributed by atoms with van der Waals surface area (Å²) >= 11 is 2.88. The van der Waals surface area contributed by atoms with Crippen molar-refractivity contribution in [2.75, 3.05) is 5.75 Å². The van der Waals surface area contributed by atoms with E-state index in [1.54, 1.807) is 15.9 Å². The number of aromatic nitrogens is 2. The van der Waals surface area contributed by atoms with Gasteiger partial charge >= 0.3 is 0 Å². The van der Waals surface area contributed by atoms with Gasteiger partial charge < -0.3 is 5.32 Å². The van der Waals surface area contributed by atoms with Crippen LogP contribution < -0.4 is 10.9 Å². The number of rotatable bonds is 5. The molecule has 29 heavy (non-hydrogen) atoms. The minimum absolute atomic E-state index is 0.0107. The molecule has 0 saturated carbocycles. The van der Waals surface area contributed by atoms with E-state index in [2.05, 4.69) is 23.5 Å². The van der Waals surface area contributed by atoms with Crippen LogP contribution in [-0.4, -0.2) is 21.2 Å². The summed E-state index contributed by atoms with van der Waals surface area (Å²) in [5.74, 6) is 0.229. The summed E-state index contributed by atoms with van der Waals surface area (Å²) in [4.78, 5) is 32.2. The van der Waals surface area contributed by atoms with Crippen molar-refractivity contribution in [3.05, 3.63) is 56.2 Å². The topological polar surface area (TPSA) is 64.0 Å². The van der Waals surface area contributed by atoms with E-state index in [0.29, 0.717) is 17.1 Å². The van der Waals surface area contributed by atoms with E-state index in [1.165, 1.54) is 22.9 Å². The first kappa shape index (κ1) is 20.2. The molecule has 0 unspecified atom stereocenters. The Balaban J connectivity index is 1.51. The minimum Gasteiger partial charge on any atom is -0.349 e. The van der Waals surface area contributed by atoms with Crippen molar-refractivity contribution >= 4 is 39.2 Å². The molecule has 1 N–H and O–H groups in total. The number of hydrogen-bond donors (Lipinski definition) is 1. The van der Waals surface area contributed by atoms with E-state index >= 15 is 0 Å². The summed E-state index contributed by atoms with van der Waals surface area (Å²) in [5, 5.41) is 4.50. The number of fused-ring (bicyclic) bond motifs is 2. The number of benzene rings is 1. The molecule has 1 amide bonds. The second kappa shape index (κ2) is 8.32. The average molecular weight is 428 g/mol. The van der Waals surface area contributed by atoms with Gasteiger partial charge in [-0.15, -0.1) is 11.3 Å². The van der Waals surface area contributed by atoms with Gasteiger partial charge in [-0.1, -0.05) is 36.0 Å². The lowest BCUT2D eigenvalue weighted by molar-refractivity contribution is -0.119. The van der Waals surface area contributed by atoms with Gasteiger partial charge in [0.2, 0.25) is 5.91 Å². The van der Waals surface area contributed by atoms with E-state index in [-0.39, 0.29) is 23.3 Å². The largest absolute Gasteiger partial charge is 0.349 e. The maximum absolute atomic E-state index is 12.9.